The van der Waals surface area contributed by atoms with E-state index in [4.69, 9.17) is 0 Å². The molecule has 1 N–H and O–H groups in total. The molecule has 0 fully saturated rings. The smallest absolute Gasteiger partial charge is 0.244 e. The molecule has 0 saturated heterocycles. The molecule has 0 atom stereocenters. The van der Waals surface area contributed by atoms with E-state index in [0.29, 0.717) is 22.5 Å². The highest BCUT2D eigenvalue weighted by Crippen LogP contribution is 2.22. The van der Waals surface area contributed by atoms with Gasteiger partial charge in [0.1, 0.15) is 12.6 Å². The summed E-state index contributed by atoms with van der Waals surface area (Å²) in [6, 6.07) is 17.9. The van der Waals surface area contributed by atoms with E-state index in [9.17, 15) is 14.9 Å². The molecule has 3 aromatic rings. The molecule has 0 unspecified atom stereocenters. The van der Waals surface area contributed by atoms with Gasteiger partial charge in [0.25, 0.3) is 0 Å². The van der Waals surface area contributed by atoms with Crippen molar-refractivity contribution in [1.82, 2.24) is 4.98 Å². The minimum absolute atomic E-state index is 0.197. The lowest BCUT2D eigenvalue weighted by Crippen LogP contribution is -2.37. The largest absolute Gasteiger partial charge is 0.323 e. The van der Waals surface area contributed by atoms with Gasteiger partial charge in [0, 0.05) is 18.5 Å². The van der Waals surface area contributed by atoms with Crippen molar-refractivity contribution >= 4 is 34.1 Å². The van der Waals surface area contributed by atoms with Crippen LogP contribution in [0.25, 0.3) is 10.9 Å². The van der Waals surface area contributed by atoms with Crippen LogP contribution in [0.3, 0.4) is 0 Å². The Morgan fingerprint density at radius 2 is 1.88 bits per heavy atom. The van der Waals surface area contributed by atoms with Gasteiger partial charge in [-0.2, -0.15) is 5.26 Å². The zero-order valence-corrected chi connectivity index (χ0v) is 14.1. The summed E-state index contributed by atoms with van der Waals surface area (Å²) in [5, 5.41) is 12.9. The van der Waals surface area contributed by atoms with Crippen molar-refractivity contribution < 1.29 is 9.59 Å². The highest BCUT2D eigenvalue weighted by atomic mass is 16.2. The summed E-state index contributed by atoms with van der Waals surface area (Å²) in [7, 11) is 0. The molecule has 0 saturated carbocycles. The Morgan fingerprint density at radius 3 is 2.65 bits per heavy atom. The fourth-order valence-corrected chi connectivity index (χ4v) is 2.71. The molecule has 1 aromatic heterocycles. The second-order valence-corrected chi connectivity index (χ2v) is 5.66. The van der Waals surface area contributed by atoms with Gasteiger partial charge in [-0.05, 0) is 24.3 Å². The molecule has 0 spiro atoms. The summed E-state index contributed by atoms with van der Waals surface area (Å²) in [5.74, 6) is -0.690. The molecule has 6 heteroatoms. The number of carbonyl (C=O) groups is 2. The third-order valence-corrected chi connectivity index (χ3v) is 3.90. The molecule has 0 aliphatic carbocycles. The van der Waals surface area contributed by atoms with E-state index < -0.39 is 0 Å². The Morgan fingerprint density at radius 1 is 1.12 bits per heavy atom. The molecule has 128 valence electrons. The van der Waals surface area contributed by atoms with E-state index in [1.165, 1.54) is 11.8 Å². The topological polar surface area (TPSA) is 86.1 Å². The van der Waals surface area contributed by atoms with Crippen LogP contribution in [0, 0.1) is 11.3 Å². The second-order valence-electron chi connectivity index (χ2n) is 5.66. The number of nitrogens with zero attached hydrogens (tertiary/aromatic N) is 3. The zero-order valence-electron chi connectivity index (χ0n) is 14.1. The number of rotatable bonds is 4. The number of para-hydroxylation sites is 2. The molecular weight excluding hydrogens is 328 g/mol. The van der Waals surface area contributed by atoms with Gasteiger partial charge in [0.2, 0.25) is 11.8 Å². The fraction of sp³-hybridized carbons (Fsp3) is 0.100. The number of nitrogens with one attached hydrogen (secondary N) is 1. The first-order chi connectivity index (χ1) is 12.6. The second kappa shape index (κ2) is 7.45. The lowest BCUT2D eigenvalue weighted by Gasteiger charge is -2.21. The number of hydrogen-bond acceptors (Lipinski definition) is 4. The van der Waals surface area contributed by atoms with E-state index in [2.05, 4.69) is 10.3 Å². The minimum Gasteiger partial charge on any atom is -0.323 e. The highest BCUT2D eigenvalue weighted by Gasteiger charge is 2.19. The van der Waals surface area contributed by atoms with E-state index in [-0.39, 0.29) is 18.4 Å². The van der Waals surface area contributed by atoms with Gasteiger partial charge >= 0.3 is 0 Å². The molecule has 26 heavy (non-hydrogen) atoms. The Kier molecular flexibility index (Phi) is 4.90. The maximum absolute atomic E-state index is 12.5. The van der Waals surface area contributed by atoms with Gasteiger partial charge in [-0.3, -0.25) is 14.6 Å². The molecule has 0 aliphatic heterocycles. The summed E-state index contributed by atoms with van der Waals surface area (Å²) < 4.78 is 0. The van der Waals surface area contributed by atoms with Gasteiger partial charge in [-0.1, -0.05) is 30.3 Å². The summed E-state index contributed by atoms with van der Waals surface area (Å²) in [6.07, 6.45) is 1.66. The Bertz CT molecular complexity index is 1020. The van der Waals surface area contributed by atoms with Crippen LogP contribution in [0.2, 0.25) is 0 Å². The van der Waals surface area contributed by atoms with Crippen molar-refractivity contribution in [3.05, 3.63) is 66.4 Å². The molecule has 0 aliphatic rings. The normalized spacial score (nSPS) is 10.2. The molecule has 0 radical (unpaired) electrons. The maximum atomic E-state index is 12.5. The number of aromatic nitrogens is 1. The number of amides is 2. The van der Waals surface area contributed by atoms with Crippen molar-refractivity contribution in [3.8, 4) is 6.07 Å². The number of anilines is 2. The van der Waals surface area contributed by atoms with Gasteiger partial charge in [-0.25, -0.2) is 0 Å². The van der Waals surface area contributed by atoms with Crippen LogP contribution >= 0.6 is 0 Å². The van der Waals surface area contributed by atoms with Crippen molar-refractivity contribution in [3.63, 3.8) is 0 Å². The number of pyridine rings is 1. The van der Waals surface area contributed by atoms with Crippen molar-refractivity contribution in [2.24, 2.45) is 0 Å². The van der Waals surface area contributed by atoms with Crippen LogP contribution in [0.4, 0.5) is 11.4 Å². The minimum atomic E-state index is -0.369. The van der Waals surface area contributed by atoms with Crippen molar-refractivity contribution in [2.45, 2.75) is 6.92 Å². The Labute approximate surface area is 150 Å². The summed E-state index contributed by atoms with van der Waals surface area (Å²) >= 11 is 0. The lowest BCUT2D eigenvalue weighted by atomic mass is 10.1. The average molecular weight is 344 g/mol. The summed E-state index contributed by atoms with van der Waals surface area (Å²) in [4.78, 5) is 30.1. The van der Waals surface area contributed by atoms with Crippen LogP contribution in [0.15, 0.2) is 60.8 Å². The van der Waals surface area contributed by atoms with Gasteiger partial charge in [0.05, 0.1) is 22.5 Å². The van der Waals surface area contributed by atoms with Gasteiger partial charge in [-0.15, -0.1) is 0 Å². The molecular formula is C20H16N4O2. The SMILES string of the molecule is CC(=O)N(CC(=O)Nc1cccc2cccnc12)c1ccccc1C#N. The van der Waals surface area contributed by atoms with E-state index >= 15 is 0 Å². The van der Waals surface area contributed by atoms with Crippen molar-refractivity contribution in [2.75, 3.05) is 16.8 Å². The van der Waals surface area contributed by atoms with Crippen LogP contribution in [-0.2, 0) is 9.59 Å². The Hall–Kier alpha value is -3.72. The van der Waals surface area contributed by atoms with Crippen LogP contribution in [0.5, 0.6) is 0 Å². The molecule has 2 aromatic carbocycles. The van der Waals surface area contributed by atoms with Crippen molar-refractivity contribution in [1.29, 1.82) is 5.26 Å². The van der Waals surface area contributed by atoms with Gasteiger partial charge in [0.15, 0.2) is 0 Å². The molecule has 1 heterocycles. The van der Waals surface area contributed by atoms with Crippen LogP contribution in [0.1, 0.15) is 12.5 Å². The predicted molar refractivity (Wildman–Crippen MR) is 99.6 cm³/mol. The fourth-order valence-electron chi connectivity index (χ4n) is 2.71. The Balaban J connectivity index is 1.85. The first-order valence-electron chi connectivity index (χ1n) is 8.01. The number of hydrogen-bond donors (Lipinski definition) is 1. The van der Waals surface area contributed by atoms with E-state index in [0.717, 1.165) is 5.39 Å². The average Bonchev–Trinajstić information content (AvgIpc) is 2.66. The third-order valence-electron chi connectivity index (χ3n) is 3.90. The molecule has 6 nitrogen and oxygen atoms in total. The number of benzene rings is 2. The van der Waals surface area contributed by atoms with E-state index in [1.807, 2.05) is 30.3 Å². The number of carbonyl (C=O) groups excluding carboxylic acids is 2. The van der Waals surface area contributed by atoms with Gasteiger partial charge < -0.3 is 10.2 Å². The monoisotopic (exact) mass is 344 g/mol. The zero-order chi connectivity index (χ0) is 18.5. The van der Waals surface area contributed by atoms with Crippen LogP contribution < -0.4 is 10.2 Å². The quantitative estimate of drug-likeness (QED) is 0.788. The number of nitriles is 1. The number of fused-ring (bicyclic) bond motifs is 1. The van der Waals surface area contributed by atoms with Crippen LogP contribution in [-0.4, -0.2) is 23.3 Å². The predicted octanol–water partition coefficient (Wildman–Crippen LogP) is 3.10. The highest BCUT2D eigenvalue weighted by molar-refractivity contribution is 6.05. The third kappa shape index (κ3) is 3.52. The maximum Gasteiger partial charge on any atom is 0.244 e. The first kappa shape index (κ1) is 17.1. The standard InChI is InChI=1S/C20H16N4O2/c1-14(25)24(18-10-3-2-6-16(18)12-21)13-19(26)23-17-9-4-7-15-8-5-11-22-20(15)17/h2-11H,13H2,1H3,(H,23,26). The summed E-state index contributed by atoms with van der Waals surface area (Å²) in [6.45, 7) is 1.16. The molecule has 0 bridgehead atoms. The first-order valence-corrected chi connectivity index (χ1v) is 8.01. The molecule has 3 rings (SSSR count). The lowest BCUT2D eigenvalue weighted by molar-refractivity contribution is -0.120. The molecule has 2 amide bonds. The van der Waals surface area contributed by atoms with E-state index in [1.54, 1.807) is 36.5 Å². The summed E-state index contributed by atoms with van der Waals surface area (Å²) in [5.41, 5.74) is 2.00.